The van der Waals surface area contributed by atoms with Crippen LogP contribution in [0.2, 0.25) is 0 Å². The minimum Gasteiger partial charge on any atom is -0.329 e. The number of hydrogen-bond donors (Lipinski definition) is 0. The molecule has 0 N–H and O–H groups in total. The van der Waals surface area contributed by atoms with Gasteiger partial charge in [-0.1, -0.05) is 6.42 Å². The van der Waals surface area contributed by atoms with Crippen LogP contribution in [-0.4, -0.2) is 46.8 Å². The third-order valence-electron chi connectivity index (χ3n) is 5.80. The number of piperazine rings is 1. The van der Waals surface area contributed by atoms with E-state index in [1.165, 1.54) is 19.3 Å². The standard InChI is InChI=1S/C15H22N2O2/c18-14-9-17(13-8-10-4-5-11(13)7-10)15(19)12-3-1-2-6-16(12)14/h10-13H,1-9H2. The number of fused-ring (bicyclic) bond motifs is 3. The number of hydrogen-bond acceptors (Lipinski definition) is 2. The predicted octanol–water partition coefficient (Wildman–Crippen LogP) is 1.40. The average molecular weight is 262 g/mol. The Bertz CT molecular complexity index is 422. The van der Waals surface area contributed by atoms with Gasteiger partial charge in [-0.05, 0) is 50.4 Å². The second-order valence-corrected chi connectivity index (χ2v) is 6.81. The van der Waals surface area contributed by atoms with Gasteiger partial charge in [-0.25, -0.2) is 0 Å². The zero-order valence-corrected chi connectivity index (χ0v) is 11.4. The highest BCUT2D eigenvalue weighted by molar-refractivity contribution is 5.95. The highest BCUT2D eigenvalue weighted by Gasteiger charge is 2.49. The van der Waals surface area contributed by atoms with Gasteiger partial charge in [0.1, 0.15) is 12.6 Å². The summed E-state index contributed by atoms with van der Waals surface area (Å²) >= 11 is 0. The molecule has 2 aliphatic heterocycles. The average Bonchev–Trinajstić information content (AvgIpc) is 3.05. The highest BCUT2D eigenvalue weighted by Crippen LogP contribution is 2.47. The van der Waals surface area contributed by atoms with Crippen LogP contribution in [0, 0.1) is 11.8 Å². The molecular formula is C15H22N2O2. The molecule has 0 radical (unpaired) electrons. The molecule has 0 aromatic heterocycles. The van der Waals surface area contributed by atoms with Crippen LogP contribution in [0.3, 0.4) is 0 Å². The van der Waals surface area contributed by atoms with Crippen LogP contribution in [0.4, 0.5) is 0 Å². The van der Waals surface area contributed by atoms with Gasteiger partial charge in [0.25, 0.3) is 0 Å². The van der Waals surface area contributed by atoms with Crippen LogP contribution in [0.25, 0.3) is 0 Å². The number of nitrogens with zero attached hydrogens (tertiary/aromatic N) is 2. The fraction of sp³-hybridized carbons (Fsp3) is 0.867. The minimum atomic E-state index is -0.130. The van der Waals surface area contributed by atoms with Gasteiger partial charge in [-0.3, -0.25) is 9.59 Å². The number of carbonyl (C=O) groups excluding carboxylic acids is 2. The third-order valence-corrected chi connectivity index (χ3v) is 5.80. The van der Waals surface area contributed by atoms with Crippen LogP contribution in [0.5, 0.6) is 0 Å². The van der Waals surface area contributed by atoms with Gasteiger partial charge >= 0.3 is 0 Å². The van der Waals surface area contributed by atoms with E-state index in [4.69, 9.17) is 0 Å². The van der Waals surface area contributed by atoms with Crippen LogP contribution in [0.1, 0.15) is 44.9 Å². The molecule has 2 bridgehead atoms. The SMILES string of the molecule is O=C1CN(C2CC3CCC2C3)C(=O)C2CCCCN12. The first-order chi connectivity index (χ1) is 9.24. The van der Waals surface area contributed by atoms with Crippen molar-refractivity contribution in [2.45, 2.75) is 57.0 Å². The zero-order chi connectivity index (χ0) is 13.0. The van der Waals surface area contributed by atoms with E-state index >= 15 is 0 Å². The van der Waals surface area contributed by atoms with Gasteiger partial charge in [0.15, 0.2) is 0 Å². The summed E-state index contributed by atoms with van der Waals surface area (Å²) in [6, 6.07) is 0.244. The van der Waals surface area contributed by atoms with Crippen LogP contribution in [0.15, 0.2) is 0 Å². The van der Waals surface area contributed by atoms with Crippen molar-refractivity contribution >= 4 is 11.8 Å². The van der Waals surface area contributed by atoms with E-state index in [2.05, 4.69) is 0 Å². The molecule has 4 rings (SSSR count). The second-order valence-electron chi connectivity index (χ2n) is 6.81. The number of carbonyl (C=O) groups is 2. The Hall–Kier alpha value is -1.06. The summed E-state index contributed by atoms with van der Waals surface area (Å²) in [6.07, 6.45) is 8.07. The molecule has 2 heterocycles. The van der Waals surface area contributed by atoms with Crippen molar-refractivity contribution in [3.8, 4) is 0 Å². The normalized spacial score (nSPS) is 41.9. The van der Waals surface area contributed by atoms with E-state index in [0.29, 0.717) is 18.5 Å². The Kier molecular flexibility index (Phi) is 2.61. The van der Waals surface area contributed by atoms with Crippen LogP contribution in [-0.2, 0) is 9.59 Å². The molecule has 4 aliphatic rings. The summed E-state index contributed by atoms with van der Waals surface area (Å²) in [5.41, 5.74) is 0. The topological polar surface area (TPSA) is 40.6 Å². The molecule has 2 saturated heterocycles. The maximum atomic E-state index is 12.7. The summed E-state index contributed by atoms with van der Waals surface area (Å²) in [5, 5.41) is 0. The minimum absolute atomic E-state index is 0.130. The first-order valence-corrected chi connectivity index (χ1v) is 7.84. The van der Waals surface area contributed by atoms with Gasteiger partial charge in [0, 0.05) is 12.6 Å². The second kappa shape index (κ2) is 4.22. The van der Waals surface area contributed by atoms with Crippen molar-refractivity contribution in [1.29, 1.82) is 0 Å². The molecule has 4 nitrogen and oxygen atoms in total. The van der Waals surface area contributed by atoms with Gasteiger partial charge < -0.3 is 9.80 Å². The van der Waals surface area contributed by atoms with E-state index in [0.717, 1.165) is 38.1 Å². The van der Waals surface area contributed by atoms with Crippen molar-refractivity contribution < 1.29 is 9.59 Å². The molecule has 19 heavy (non-hydrogen) atoms. The monoisotopic (exact) mass is 262 g/mol. The van der Waals surface area contributed by atoms with E-state index in [-0.39, 0.29) is 17.9 Å². The maximum Gasteiger partial charge on any atom is 0.246 e. The zero-order valence-electron chi connectivity index (χ0n) is 11.4. The lowest BCUT2D eigenvalue weighted by atomic mass is 9.91. The molecule has 0 aromatic rings. The molecule has 0 aromatic carbocycles. The molecule has 4 heteroatoms. The molecule has 2 amide bonds. The first-order valence-electron chi connectivity index (χ1n) is 7.84. The van der Waals surface area contributed by atoms with Gasteiger partial charge in [0.05, 0.1) is 0 Å². The maximum absolute atomic E-state index is 12.7. The summed E-state index contributed by atoms with van der Waals surface area (Å²) in [7, 11) is 0. The fourth-order valence-corrected chi connectivity index (χ4v) is 4.87. The Balaban J connectivity index is 1.56. The quantitative estimate of drug-likeness (QED) is 0.716. The summed E-state index contributed by atoms with van der Waals surface area (Å²) in [5.74, 6) is 1.93. The molecule has 2 saturated carbocycles. The molecule has 2 aliphatic carbocycles. The molecular weight excluding hydrogens is 240 g/mol. The van der Waals surface area contributed by atoms with E-state index in [1.807, 2.05) is 9.80 Å². The lowest BCUT2D eigenvalue weighted by Crippen LogP contribution is -2.63. The summed E-state index contributed by atoms with van der Waals surface area (Å²) in [4.78, 5) is 28.8. The lowest BCUT2D eigenvalue weighted by Gasteiger charge is -2.46. The van der Waals surface area contributed by atoms with Crippen molar-refractivity contribution in [1.82, 2.24) is 9.80 Å². The van der Waals surface area contributed by atoms with Crippen molar-refractivity contribution in [3.05, 3.63) is 0 Å². The van der Waals surface area contributed by atoms with Crippen molar-refractivity contribution in [2.24, 2.45) is 11.8 Å². The summed E-state index contributed by atoms with van der Waals surface area (Å²) in [6.45, 7) is 1.14. The molecule has 4 fully saturated rings. The van der Waals surface area contributed by atoms with Crippen LogP contribution < -0.4 is 0 Å². The van der Waals surface area contributed by atoms with E-state index in [9.17, 15) is 9.59 Å². The van der Waals surface area contributed by atoms with Gasteiger partial charge in [0.2, 0.25) is 11.8 Å². The molecule has 4 atom stereocenters. The molecule has 104 valence electrons. The first kappa shape index (κ1) is 11.7. The Labute approximate surface area is 114 Å². The fourth-order valence-electron chi connectivity index (χ4n) is 4.87. The van der Waals surface area contributed by atoms with E-state index in [1.54, 1.807) is 0 Å². The Morgan fingerprint density at radius 1 is 0.947 bits per heavy atom. The highest BCUT2D eigenvalue weighted by atomic mass is 16.2. The van der Waals surface area contributed by atoms with Crippen molar-refractivity contribution in [3.63, 3.8) is 0 Å². The Morgan fingerprint density at radius 3 is 2.58 bits per heavy atom. The smallest absolute Gasteiger partial charge is 0.246 e. The number of amides is 2. The number of piperidine rings is 1. The molecule has 4 unspecified atom stereocenters. The van der Waals surface area contributed by atoms with E-state index < -0.39 is 0 Å². The largest absolute Gasteiger partial charge is 0.329 e. The van der Waals surface area contributed by atoms with Crippen LogP contribution >= 0.6 is 0 Å². The van der Waals surface area contributed by atoms with Crippen molar-refractivity contribution in [2.75, 3.05) is 13.1 Å². The third kappa shape index (κ3) is 1.72. The predicted molar refractivity (Wildman–Crippen MR) is 70.3 cm³/mol. The lowest BCUT2D eigenvalue weighted by molar-refractivity contribution is -0.161. The summed E-state index contributed by atoms with van der Waals surface area (Å²) < 4.78 is 0. The Morgan fingerprint density at radius 2 is 1.84 bits per heavy atom. The van der Waals surface area contributed by atoms with Gasteiger partial charge in [-0.15, -0.1) is 0 Å². The molecule has 0 spiro atoms. The van der Waals surface area contributed by atoms with Gasteiger partial charge in [-0.2, -0.15) is 0 Å². The number of rotatable bonds is 1.